The van der Waals surface area contributed by atoms with Crippen LogP contribution in [0.2, 0.25) is 0 Å². The second-order valence-corrected chi connectivity index (χ2v) is 8.93. The molecule has 3 fully saturated rings. The van der Waals surface area contributed by atoms with E-state index in [2.05, 4.69) is 44.0 Å². The summed E-state index contributed by atoms with van der Waals surface area (Å²) in [6.07, 6.45) is 7.88. The van der Waals surface area contributed by atoms with Crippen molar-refractivity contribution in [3.8, 4) is 0 Å². The van der Waals surface area contributed by atoms with E-state index in [0.29, 0.717) is 30.0 Å². The molecule has 2 bridgehead atoms. The molecule has 0 radical (unpaired) electrons. The molecule has 0 saturated carbocycles. The molecule has 3 saturated heterocycles. The van der Waals surface area contributed by atoms with Crippen molar-refractivity contribution in [1.82, 2.24) is 14.9 Å². The summed E-state index contributed by atoms with van der Waals surface area (Å²) in [5.74, 6) is 1.33. The molecule has 4 atom stereocenters. The van der Waals surface area contributed by atoms with E-state index in [1.165, 1.54) is 18.9 Å². The molecule has 3 aliphatic rings. The number of hydrogen-bond donors (Lipinski definition) is 0. The Morgan fingerprint density at radius 3 is 2.77 bits per heavy atom. The third kappa shape index (κ3) is 3.77. The molecular formula is C24H28N4O3. The number of carbonyl (C=O) groups excluding carboxylic acids is 2. The normalized spacial score (nSPS) is 27.6. The number of ether oxygens (including phenoxy) is 1. The lowest BCUT2D eigenvalue weighted by Gasteiger charge is -2.57. The lowest BCUT2D eigenvalue weighted by Crippen LogP contribution is -2.65. The summed E-state index contributed by atoms with van der Waals surface area (Å²) in [6.45, 7) is 1.64. The Bertz CT molecular complexity index is 966. The average Bonchev–Trinajstić information content (AvgIpc) is 2.82. The molecule has 1 aromatic heterocycles. The number of fused-ring (bicyclic) bond motifs is 4. The van der Waals surface area contributed by atoms with Crippen LogP contribution in [0.1, 0.15) is 41.7 Å². The standard InChI is InChI=1S/C24H28N4O3/c1-31-24(30)19-12-25-13-22(26-19)27-14-17-11-18(15-27)21(10-16-6-3-2-4-7-16)28-20(17)8-5-9-23(28)29/h2-4,6-7,12-13,17-18,20-21H,5,8-11,14-15H2,1H3/t17-,18+,20+,21+/m1/s1. The van der Waals surface area contributed by atoms with Gasteiger partial charge in [-0.25, -0.2) is 9.78 Å². The van der Waals surface area contributed by atoms with E-state index in [4.69, 9.17) is 4.74 Å². The zero-order chi connectivity index (χ0) is 21.4. The molecule has 7 nitrogen and oxygen atoms in total. The summed E-state index contributed by atoms with van der Waals surface area (Å²) in [7, 11) is 1.35. The van der Waals surface area contributed by atoms with E-state index in [9.17, 15) is 9.59 Å². The number of nitrogens with zero attached hydrogens (tertiary/aromatic N) is 4. The number of benzene rings is 1. The average molecular weight is 421 g/mol. The smallest absolute Gasteiger partial charge is 0.358 e. The molecule has 4 heterocycles. The summed E-state index contributed by atoms with van der Waals surface area (Å²) in [6, 6.07) is 10.9. The molecule has 0 spiro atoms. The van der Waals surface area contributed by atoms with Crippen LogP contribution in [0.25, 0.3) is 0 Å². The minimum Gasteiger partial charge on any atom is -0.464 e. The van der Waals surface area contributed by atoms with Gasteiger partial charge in [0.15, 0.2) is 5.69 Å². The number of aromatic nitrogens is 2. The largest absolute Gasteiger partial charge is 0.464 e. The lowest BCUT2D eigenvalue weighted by atomic mass is 9.71. The third-order valence-electron chi connectivity index (χ3n) is 7.12. The molecule has 2 aromatic rings. The van der Waals surface area contributed by atoms with Crippen molar-refractivity contribution in [3.05, 3.63) is 54.0 Å². The molecule has 1 amide bonds. The maximum Gasteiger partial charge on any atom is 0.358 e. The van der Waals surface area contributed by atoms with E-state index >= 15 is 0 Å². The number of carbonyl (C=O) groups is 2. The van der Waals surface area contributed by atoms with Gasteiger partial charge in [0.05, 0.1) is 19.5 Å². The summed E-state index contributed by atoms with van der Waals surface area (Å²) in [5, 5.41) is 0. The minimum absolute atomic E-state index is 0.191. The molecule has 0 unspecified atom stereocenters. The van der Waals surface area contributed by atoms with Crippen molar-refractivity contribution in [2.45, 2.75) is 44.2 Å². The summed E-state index contributed by atoms with van der Waals surface area (Å²) in [4.78, 5) is 38.2. The molecule has 0 N–H and O–H groups in total. The number of amides is 1. The fourth-order valence-corrected chi connectivity index (χ4v) is 5.79. The molecule has 7 heteroatoms. The Morgan fingerprint density at radius 1 is 1.16 bits per heavy atom. The van der Waals surface area contributed by atoms with Gasteiger partial charge in [0, 0.05) is 31.6 Å². The molecule has 1 aromatic carbocycles. The SMILES string of the molecule is COC(=O)c1cncc(N2C[C@H]3C[C@@H](C2)[C@H](Cc2ccccc2)N2C(=O)CCC[C@@H]32)n1. The van der Waals surface area contributed by atoms with Crippen LogP contribution in [0.15, 0.2) is 42.7 Å². The minimum atomic E-state index is -0.474. The lowest BCUT2D eigenvalue weighted by molar-refractivity contribution is -0.148. The molecule has 162 valence electrons. The number of esters is 1. The summed E-state index contributed by atoms with van der Waals surface area (Å²) >= 11 is 0. The van der Waals surface area contributed by atoms with Crippen LogP contribution in [0.5, 0.6) is 0 Å². The van der Waals surface area contributed by atoms with Crippen molar-refractivity contribution in [2.75, 3.05) is 25.1 Å². The number of rotatable bonds is 4. The monoisotopic (exact) mass is 420 g/mol. The van der Waals surface area contributed by atoms with Gasteiger partial charge in [0.1, 0.15) is 5.82 Å². The van der Waals surface area contributed by atoms with Crippen LogP contribution in [-0.2, 0) is 16.0 Å². The number of piperidine rings is 3. The number of hydrogen-bond acceptors (Lipinski definition) is 6. The quantitative estimate of drug-likeness (QED) is 0.708. The van der Waals surface area contributed by atoms with Crippen LogP contribution in [0.3, 0.4) is 0 Å². The van der Waals surface area contributed by atoms with Gasteiger partial charge in [-0.1, -0.05) is 30.3 Å². The fourth-order valence-electron chi connectivity index (χ4n) is 5.79. The van der Waals surface area contributed by atoms with Crippen molar-refractivity contribution < 1.29 is 14.3 Å². The Morgan fingerprint density at radius 2 is 1.97 bits per heavy atom. The highest BCUT2D eigenvalue weighted by atomic mass is 16.5. The molecule has 3 aliphatic heterocycles. The van der Waals surface area contributed by atoms with Gasteiger partial charge in [0.2, 0.25) is 5.91 Å². The Labute approximate surface area is 182 Å². The van der Waals surface area contributed by atoms with E-state index in [-0.39, 0.29) is 17.8 Å². The summed E-state index contributed by atoms with van der Waals surface area (Å²) < 4.78 is 4.81. The second-order valence-electron chi connectivity index (χ2n) is 8.93. The first-order valence-electron chi connectivity index (χ1n) is 11.1. The zero-order valence-electron chi connectivity index (χ0n) is 17.8. The van der Waals surface area contributed by atoms with E-state index in [1.54, 1.807) is 6.20 Å². The predicted octanol–water partition coefficient (Wildman–Crippen LogP) is 2.71. The number of methoxy groups -OCH3 is 1. The maximum atomic E-state index is 13.0. The Balaban J connectivity index is 1.45. The van der Waals surface area contributed by atoms with Crippen LogP contribution < -0.4 is 4.90 Å². The van der Waals surface area contributed by atoms with Crippen molar-refractivity contribution in [3.63, 3.8) is 0 Å². The highest BCUT2D eigenvalue weighted by molar-refractivity contribution is 5.87. The first kappa shape index (κ1) is 20.0. The first-order valence-corrected chi connectivity index (χ1v) is 11.1. The Hall–Kier alpha value is -2.96. The molecular weight excluding hydrogens is 392 g/mol. The third-order valence-corrected chi connectivity index (χ3v) is 7.12. The van der Waals surface area contributed by atoms with Gasteiger partial charge in [-0.2, -0.15) is 0 Å². The van der Waals surface area contributed by atoms with Gasteiger partial charge in [-0.15, -0.1) is 0 Å². The van der Waals surface area contributed by atoms with E-state index < -0.39 is 5.97 Å². The second kappa shape index (κ2) is 8.29. The van der Waals surface area contributed by atoms with Crippen LogP contribution in [0.4, 0.5) is 5.82 Å². The van der Waals surface area contributed by atoms with Crippen LogP contribution in [-0.4, -0.2) is 59.0 Å². The van der Waals surface area contributed by atoms with E-state index in [0.717, 1.165) is 38.8 Å². The zero-order valence-corrected chi connectivity index (χ0v) is 17.8. The summed E-state index contributed by atoms with van der Waals surface area (Å²) in [5.41, 5.74) is 1.50. The highest BCUT2D eigenvalue weighted by Gasteiger charge is 2.49. The van der Waals surface area contributed by atoms with Crippen LogP contribution >= 0.6 is 0 Å². The highest BCUT2D eigenvalue weighted by Crippen LogP contribution is 2.43. The molecule has 0 aliphatic carbocycles. The predicted molar refractivity (Wildman–Crippen MR) is 116 cm³/mol. The first-order chi connectivity index (χ1) is 15.1. The topological polar surface area (TPSA) is 75.6 Å². The van der Waals surface area contributed by atoms with Crippen molar-refractivity contribution in [1.29, 1.82) is 0 Å². The van der Waals surface area contributed by atoms with Gasteiger partial charge >= 0.3 is 5.97 Å². The fraction of sp³-hybridized carbons (Fsp3) is 0.500. The Kier molecular flexibility index (Phi) is 5.34. The maximum absolute atomic E-state index is 13.0. The number of anilines is 1. The van der Waals surface area contributed by atoms with Crippen molar-refractivity contribution in [2.24, 2.45) is 11.8 Å². The van der Waals surface area contributed by atoms with Gasteiger partial charge in [-0.3, -0.25) is 9.78 Å². The van der Waals surface area contributed by atoms with Crippen LogP contribution in [0, 0.1) is 11.8 Å². The molecule has 31 heavy (non-hydrogen) atoms. The molecule has 5 rings (SSSR count). The van der Waals surface area contributed by atoms with Gasteiger partial charge in [0.25, 0.3) is 0 Å². The van der Waals surface area contributed by atoms with Crippen molar-refractivity contribution >= 4 is 17.7 Å². The van der Waals surface area contributed by atoms with Gasteiger partial charge in [-0.05, 0) is 43.1 Å². The van der Waals surface area contributed by atoms with Gasteiger partial charge < -0.3 is 14.5 Å². The van der Waals surface area contributed by atoms with E-state index in [1.807, 2.05) is 6.07 Å².